The van der Waals surface area contributed by atoms with Crippen LogP contribution in [0.5, 0.6) is 0 Å². The predicted molar refractivity (Wildman–Crippen MR) is 179 cm³/mol. The quantitative estimate of drug-likeness (QED) is 0.212. The zero-order chi connectivity index (χ0) is 32.1. The summed E-state index contributed by atoms with van der Waals surface area (Å²) in [6.45, 7) is 8.03. The smallest absolute Gasteiger partial charge is 0.224 e. The van der Waals surface area contributed by atoms with Crippen molar-refractivity contribution < 1.29 is 24.2 Å². The lowest BCUT2D eigenvalue weighted by Crippen LogP contribution is -2.49. The van der Waals surface area contributed by atoms with Crippen LogP contribution in [0.2, 0.25) is 0 Å². The molecule has 0 spiro atoms. The molecule has 2 amide bonds. The zero-order valence-corrected chi connectivity index (χ0v) is 26.9. The summed E-state index contributed by atoms with van der Waals surface area (Å²) < 4.78 is 13.1. The van der Waals surface area contributed by atoms with Gasteiger partial charge in [-0.15, -0.1) is 0 Å². The first kappa shape index (κ1) is 33.8. The minimum atomic E-state index is -0.533. The number of rotatable bonds is 14. The summed E-state index contributed by atoms with van der Waals surface area (Å²) in [6, 6.07) is 26.3. The maximum Gasteiger partial charge on any atom is 0.224 e. The second-order valence-corrected chi connectivity index (χ2v) is 12.4. The van der Waals surface area contributed by atoms with Gasteiger partial charge in [0.1, 0.15) is 0 Å². The molecule has 3 aromatic carbocycles. The molecule has 0 bridgehead atoms. The van der Waals surface area contributed by atoms with Gasteiger partial charge in [-0.25, -0.2) is 0 Å². The Morgan fingerprint density at radius 3 is 2.20 bits per heavy atom. The number of nitrogens with zero attached hydrogens (tertiary/aromatic N) is 2. The van der Waals surface area contributed by atoms with Crippen LogP contribution in [-0.4, -0.2) is 72.1 Å². The Kier molecular flexibility index (Phi) is 12.7. The average molecular weight is 629 g/mol. The standard InChI is InChI=1S/C37H48N4O5/c1-28(43)38-19-7-3-6-10-36(44)39-33-17-15-32(16-18-33)37-45-34(24-35(46-37)31-13-11-30(27-42)12-14-31)26-41-22-20-40(21-23-41)25-29-8-4-2-5-9-29/h2,4-5,8-9,11-18,34-35,37,42H,3,6-7,10,19-27H2,1H3,(H,38,43)(H,39,44)/t34-,35+,37+/m1/s1. The summed E-state index contributed by atoms with van der Waals surface area (Å²) in [5, 5.41) is 15.3. The van der Waals surface area contributed by atoms with E-state index in [1.54, 1.807) is 0 Å². The number of piperazine rings is 1. The van der Waals surface area contributed by atoms with E-state index >= 15 is 0 Å². The van der Waals surface area contributed by atoms with E-state index in [1.165, 1.54) is 12.5 Å². The van der Waals surface area contributed by atoms with Crippen molar-refractivity contribution >= 4 is 17.5 Å². The fourth-order valence-electron chi connectivity index (χ4n) is 6.09. The Hall–Kier alpha value is -3.60. The van der Waals surface area contributed by atoms with E-state index in [-0.39, 0.29) is 30.6 Å². The molecular formula is C37H48N4O5. The van der Waals surface area contributed by atoms with E-state index in [9.17, 15) is 14.7 Å². The number of nitrogens with one attached hydrogen (secondary N) is 2. The summed E-state index contributed by atoms with van der Waals surface area (Å²) in [7, 11) is 0. The molecule has 2 heterocycles. The summed E-state index contributed by atoms with van der Waals surface area (Å²) in [5.74, 6) is -0.0473. The van der Waals surface area contributed by atoms with Crippen LogP contribution in [0.3, 0.4) is 0 Å². The predicted octanol–water partition coefficient (Wildman–Crippen LogP) is 5.18. The third kappa shape index (κ3) is 10.5. The molecule has 2 saturated heterocycles. The van der Waals surface area contributed by atoms with Crippen LogP contribution in [0.1, 0.15) is 73.7 Å². The van der Waals surface area contributed by atoms with Crippen LogP contribution < -0.4 is 10.6 Å². The molecular weight excluding hydrogens is 580 g/mol. The lowest BCUT2D eigenvalue weighted by molar-refractivity contribution is -0.253. The molecule has 2 aliphatic heterocycles. The maximum absolute atomic E-state index is 12.5. The van der Waals surface area contributed by atoms with E-state index in [1.807, 2.05) is 48.5 Å². The van der Waals surface area contributed by atoms with E-state index < -0.39 is 6.29 Å². The molecule has 46 heavy (non-hydrogen) atoms. The van der Waals surface area contributed by atoms with Crippen molar-refractivity contribution in [3.8, 4) is 0 Å². The zero-order valence-electron chi connectivity index (χ0n) is 26.9. The van der Waals surface area contributed by atoms with Gasteiger partial charge in [-0.1, -0.05) is 73.2 Å². The highest BCUT2D eigenvalue weighted by Crippen LogP contribution is 2.38. The first-order valence-corrected chi connectivity index (χ1v) is 16.6. The van der Waals surface area contributed by atoms with Crippen molar-refractivity contribution in [1.82, 2.24) is 15.1 Å². The van der Waals surface area contributed by atoms with Gasteiger partial charge in [0.25, 0.3) is 0 Å². The van der Waals surface area contributed by atoms with Gasteiger partial charge < -0.3 is 25.2 Å². The van der Waals surface area contributed by atoms with Crippen LogP contribution in [0, 0.1) is 0 Å². The van der Waals surface area contributed by atoms with Gasteiger partial charge in [0.15, 0.2) is 6.29 Å². The number of unbranched alkanes of at least 4 members (excludes halogenated alkanes) is 2. The largest absolute Gasteiger partial charge is 0.392 e. The Bertz CT molecular complexity index is 1360. The fourth-order valence-corrected chi connectivity index (χ4v) is 6.09. The number of carbonyl (C=O) groups is 2. The molecule has 9 heteroatoms. The highest BCUT2D eigenvalue weighted by Gasteiger charge is 2.33. The molecule has 2 fully saturated rings. The van der Waals surface area contributed by atoms with Gasteiger partial charge in [-0.05, 0) is 41.7 Å². The van der Waals surface area contributed by atoms with Crippen molar-refractivity contribution in [2.24, 2.45) is 0 Å². The summed E-state index contributed by atoms with van der Waals surface area (Å²) >= 11 is 0. The number of hydrogen-bond acceptors (Lipinski definition) is 7. The molecule has 2 aliphatic rings. The molecule has 5 rings (SSSR count). The monoisotopic (exact) mass is 628 g/mol. The summed E-state index contributed by atoms with van der Waals surface area (Å²) in [4.78, 5) is 28.5. The van der Waals surface area contributed by atoms with Gasteiger partial charge >= 0.3 is 0 Å². The van der Waals surface area contributed by atoms with Crippen LogP contribution in [0.15, 0.2) is 78.9 Å². The van der Waals surface area contributed by atoms with Crippen molar-refractivity contribution in [2.45, 2.75) is 70.7 Å². The van der Waals surface area contributed by atoms with E-state index in [2.05, 4.69) is 50.8 Å². The average Bonchev–Trinajstić information content (AvgIpc) is 3.08. The van der Waals surface area contributed by atoms with Crippen molar-refractivity contribution in [1.29, 1.82) is 0 Å². The minimum absolute atomic E-state index is 0.00744. The maximum atomic E-state index is 12.5. The number of aliphatic hydroxyl groups is 1. The number of anilines is 1. The molecule has 3 aromatic rings. The summed E-state index contributed by atoms with van der Waals surface area (Å²) in [6.07, 6.45) is 3.03. The number of amides is 2. The molecule has 246 valence electrons. The number of benzene rings is 3. The van der Waals surface area contributed by atoms with Crippen LogP contribution in [0.4, 0.5) is 5.69 Å². The van der Waals surface area contributed by atoms with Gasteiger partial charge in [0.05, 0.1) is 18.8 Å². The fraction of sp³-hybridized carbons (Fsp3) is 0.459. The normalized spacial score (nSPS) is 20.7. The molecule has 3 N–H and O–H groups in total. The van der Waals surface area contributed by atoms with Crippen LogP contribution in [-0.2, 0) is 32.2 Å². The first-order valence-electron chi connectivity index (χ1n) is 16.6. The molecule has 3 atom stereocenters. The highest BCUT2D eigenvalue weighted by molar-refractivity contribution is 5.90. The van der Waals surface area contributed by atoms with Crippen LogP contribution >= 0.6 is 0 Å². The molecule has 0 radical (unpaired) electrons. The number of hydrogen-bond donors (Lipinski definition) is 3. The lowest BCUT2D eigenvalue weighted by atomic mass is 9.99. The Balaban J connectivity index is 1.16. The molecule has 0 aromatic heterocycles. The Morgan fingerprint density at radius 2 is 1.50 bits per heavy atom. The highest BCUT2D eigenvalue weighted by atomic mass is 16.7. The second-order valence-electron chi connectivity index (χ2n) is 12.4. The van der Waals surface area contributed by atoms with Gasteiger partial charge in [-0.3, -0.25) is 19.4 Å². The molecule has 0 aliphatic carbocycles. The number of aliphatic hydroxyl groups excluding tert-OH is 1. The number of ether oxygens (including phenoxy) is 2. The van der Waals surface area contributed by atoms with E-state index in [0.717, 1.165) is 87.3 Å². The van der Waals surface area contributed by atoms with Crippen LogP contribution in [0.25, 0.3) is 0 Å². The SMILES string of the molecule is CC(=O)NCCCCCC(=O)Nc1ccc([C@H]2O[C@@H](CN3CCN(Cc4ccccc4)CC3)C[C@@H](c3ccc(CO)cc3)O2)cc1. The van der Waals surface area contributed by atoms with Crippen molar-refractivity contribution in [3.63, 3.8) is 0 Å². The first-order chi connectivity index (χ1) is 22.4. The summed E-state index contributed by atoms with van der Waals surface area (Å²) in [5.41, 5.74) is 4.95. The van der Waals surface area contributed by atoms with E-state index in [0.29, 0.717) is 13.0 Å². The van der Waals surface area contributed by atoms with E-state index in [4.69, 9.17) is 9.47 Å². The third-order valence-corrected chi connectivity index (χ3v) is 8.71. The molecule has 9 nitrogen and oxygen atoms in total. The van der Waals surface area contributed by atoms with Gasteiger partial charge in [0.2, 0.25) is 11.8 Å². The van der Waals surface area contributed by atoms with Crippen molar-refractivity contribution in [3.05, 3.63) is 101 Å². The van der Waals surface area contributed by atoms with Gasteiger partial charge in [-0.2, -0.15) is 0 Å². The second kappa shape index (κ2) is 17.4. The lowest BCUT2D eigenvalue weighted by Gasteiger charge is -2.40. The number of carbonyl (C=O) groups excluding carboxylic acids is 2. The molecule has 0 saturated carbocycles. The molecule has 0 unspecified atom stereocenters. The third-order valence-electron chi connectivity index (χ3n) is 8.71. The topological polar surface area (TPSA) is 103 Å². The minimum Gasteiger partial charge on any atom is -0.392 e. The Morgan fingerprint density at radius 1 is 0.804 bits per heavy atom. The van der Waals surface area contributed by atoms with Gasteiger partial charge in [0, 0.05) is 76.8 Å². The van der Waals surface area contributed by atoms with Crippen molar-refractivity contribution in [2.75, 3.05) is 44.6 Å². The Labute approximate surface area is 272 Å².